The molecule has 0 aliphatic rings. The molecule has 90 valence electrons. The second kappa shape index (κ2) is 5.30. The lowest BCUT2D eigenvalue weighted by Gasteiger charge is -2.07. The fourth-order valence-electron chi connectivity index (χ4n) is 1.44. The number of nitrogens with zero attached hydrogens (tertiary/aromatic N) is 1. The number of H-pyrrole nitrogens is 1. The van der Waals surface area contributed by atoms with Crippen LogP contribution in [0.4, 0.5) is 0 Å². The predicted molar refractivity (Wildman–Crippen MR) is 72.1 cm³/mol. The van der Waals surface area contributed by atoms with E-state index in [1.165, 1.54) is 11.8 Å². The molecule has 0 unspecified atom stereocenters. The van der Waals surface area contributed by atoms with Crippen molar-refractivity contribution in [2.24, 2.45) is 0 Å². The van der Waals surface area contributed by atoms with Gasteiger partial charge in [0, 0.05) is 15.5 Å². The molecule has 0 saturated carbocycles. The van der Waals surface area contributed by atoms with Crippen LogP contribution in [0.25, 0.3) is 0 Å². The molecule has 0 saturated heterocycles. The summed E-state index contributed by atoms with van der Waals surface area (Å²) in [5.41, 5.74) is 0.470. The summed E-state index contributed by atoms with van der Waals surface area (Å²) in [6.45, 7) is 1.79. The van der Waals surface area contributed by atoms with E-state index in [9.17, 15) is 4.79 Å². The van der Waals surface area contributed by atoms with E-state index >= 15 is 0 Å². The molecule has 0 bridgehead atoms. The summed E-state index contributed by atoms with van der Waals surface area (Å²) >= 11 is 7.50. The van der Waals surface area contributed by atoms with Gasteiger partial charge in [-0.05, 0) is 25.1 Å². The molecule has 18 heavy (non-hydrogen) atoms. The average Bonchev–Trinajstić information content (AvgIpc) is 2.35. The standard InChI is InChI=1S/C13H9ClN2OS/c1-8-12(6-9(7-15)13(17)16-8)18-11-5-3-2-4-10(11)14/h2-6H,1H3,(H,16,17). The zero-order chi connectivity index (χ0) is 13.1. The minimum atomic E-state index is -0.362. The van der Waals surface area contributed by atoms with Gasteiger partial charge in [-0.1, -0.05) is 35.5 Å². The SMILES string of the molecule is Cc1[nH]c(=O)c(C#N)cc1Sc1ccccc1Cl. The van der Waals surface area contributed by atoms with Gasteiger partial charge < -0.3 is 4.98 Å². The monoisotopic (exact) mass is 276 g/mol. The maximum atomic E-state index is 11.4. The molecule has 3 nitrogen and oxygen atoms in total. The number of hydrogen-bond acceptors (Lipinski definition) is 3. The topological polar surface area (TPSA) is 56.6 Å². The van der Waals surface area contributed by atoms with Crippen molar-refractivity contribution in [2.45, 2.75) is 16.7 Å². The van der Waals surface area contributed by atoms with Gasteiger partial charge in [0.05, 0.1) is 5.02 Å². The Morgan fingerprint density at radius 2 is 2.06 bits per heavy atom. The van der Waals surface area contributed by atoms with Gasteiger partial charge in [-0.3, -0.25) is 4.79 Å². The van der Waals surface area contributed by atoms with Crippen LogP contribution < -0.4 is 5.56 Å². The fourth-order valence-corrected chi connectivity index (χ4v) is 2.62. The smallest absolute Gasteiger partial charge is 0.266 e. The zero-order valence-corrected chi connectivity index (χ0v) is 11.1. The van der Waals surface area contributed by atoms with E-state index in [-0.39, 0.29) is 11.1 Å². The first-order valence-electron chi connectivity index (χ1n) is 5.18. The molecule has 0 radical (unpaired) electrons. The summed E-state index contributed by atoms with van der Waals surface area (Å²) < 4.78 is 0. The normalized spacial score (nSPS) is 10.1. The molecule has 2 rings (SSSR count). The summed E-state index contributed by atoms with van der Waals surface area (Å²) in [5, 5.41) is 9.49. The van der Waals surface area contributed by atoms with E-state index in [0.717, 1.165) is 15.5 Å². The maximum absolute atomic E-state index is 11.4. The molecular weight excluding hydrogens is 268 g/mol. The highest BCUT2D eigenvalue weighted by Gasteiger charge is 2.08. The molecule has 0 spiro atoms. The van der Waals surface area contributed by atoms with Crippen LogP contribution in [0.3, 0.4) is 0 Å². The second-order valence-electron chi connectivity index (χ2n) is 3.65. The third kappa shape index (κ3) is 2.58. The summed E-state index contributed by atoms with van der Waals surface area (Å²) in [7, 11) is 0. The number of halogens is 1. The van der Waals surface area contributed by atoms with Gasteiger partial charge in [-0.2, -0.15) is 5.26 Å². The number of nitrogens with one attached hydrogen (secondary N) is 1. The van der Waals surface area contributed by atoms with E-state index < -0.39 is 0 Å². The Labute approximate surface area is 113 Å². The molecule has 2 aromatic rings. The lowest BCUT2D eigenvalue weighted by molar-refractivity contribution is 1.06. The Kier molecular flexibility index (Phi) is 3.75. The minimum absolute atomic E-state index is 0.107. The van der Waals surface area contributed by atoms with Crippen LogP contribution in [0.1, 0.15) is 11.3 Å². The fraction of sp³-hybridized carbons (Fsp3) is 0.0769. The summed E-state index contributed by atoms with van der Waals surface area (Å²) in [6, 6.07) is 10.9. The summed E-state index contributed by atoms with van der Waals surface area (Å²) in [6.07, 6.45) is 0. The number of benzene rings is 1. The molecule has 1 heterocycles. The Hall–Kier alpha value is -1.70. The molecule has 0 aliphatic heterocycles. The molecule has 1 aromatic heterocycles. The molecule has 5 heteroatoms. The van der Waals surface area contributed by atoms with Crippen LogP contribution >= 0.6 is 23.4 Å². The zero-order valence-electron chi connectivity index (χ0n) is 9.53. The molecular formula is C13H9ClN2OS. The second-order valence-corrected chi connectivity index (χ2v) is 5.14. The highest BCUT2D eigenvalue weighted by molar-refractivity contribution is 7.99. The number of pyridine rings is 1. The Bertz CT molecular complexity index is 688. The van der Waals surface area contributed by atoms with Gasteiger partial charge >= 0.3 is 0 Å². The van der Waals surface area contributed by atoms with Crippen LogP contribution in [0.15, 0.2) is 44.9 Å². The minimum Gasteiger partial charge on any atom is -0.324 e. The molecule has 1 N–H and O–H groups in total. The third-order valence-electron chi connectivity index (χ3n) is 2.37. The van der Waals surface area contributed by atoms with Gasteiger partial charge in [0.15, 0.2) is 0 Å². The Balaban J connectivity index is 2.45. The highest BCUT2D eigenvalue weighted by atomic mass is 35.5. The van der Waals surface area contributed by atoms with Gasteiger partial charge in [-0.25, -0.2) is 0 Å². The van der Waals surface area contributed by atoms with E-state index in [2.05, 4.69) is 4.98 Å². The van der Waals surface area contributed by atoms with E-state index in [4.69, 9.17) is 16.9 Å². The Morgan fingerprint density at radius 1 is 1.33 bits per heavy atom. The molecule has 0 fully saturated rings. The molecule has 0 amide bonds. The predicted octanol–water partition coefficient (Wildman–Crippen LogP) is 3.36. The number of aromatic amines is 1. The lowest BCUT2D eigenvalue weighted by atomic mass is 10.3. The van der Waals surface area contributed by atoms with E-state index in [0.29, 0.717) is 5.02 Å². The van der Waals surface area contributed by atoms with Crippen molar-refractivity contribution in [1.29, 1.82) is 5.26 Å². The summed E-state index contributed by atoms with van der Waals surface area (Å²) in [5.74, 6) is 0. The van der Waals surface area contributed by atoms with Crippen molar-refractivity contribution in [3.8, 4) is 6.07 Å². The van der Waals surface area contributed by atoms with Crippen molar-refractivity contribution < 1.29 is 0 Å². The van der Waals surface area contributed by atoms with Crippen LogP contribution in [0.5, 0.6) is 0 Å². The van der Waals surface area contributed by atoms with Gasteiger partial charge in [0.25, 0.3) is 5.56 Å². The van der Waals surface area contributed by atoms with Crippen molar-refractivity contribution in [2.75, 3.05) is 0 Å². The van der Waals surface area contributed by atoms with E-state index in [1.54, 1.807) is 19.1 Å². The highest BCUT2D eigenvalue weighted by Crippen LogP contribution is 2.34. The van der Waals surface area contributed by atoms with Gasteiger partial charge in [-0.15, -0.1) is 0 Å². The number of rotatable bonds is 2. The summed E-state index contributed by atoms with van der Waals surface area (Å²) in [4.78, 5) is 15.8. The molecule has 0 aliphatic carbocycles. The van der Waals surface area contributed by atoms with Crippen LogP contribution in [0, 0.1) is 18.3 Å². The molecule has 1 aromatic carbocycles. The van der Waals surface area contributed by atoms with Gasteiger partial charge in [0.1, 0.15) is 11.6 Å². The molecule has 0 atom stereocenters. The average molecular weight is 277 g/mol. The quantitative estimate of drug-likeness (QED) is 0.915. The van der Waals surface area contributed by atoms with Crippen molar-refractivity contribution in [3.63, 3.8) is 0 Å². The first-order valence-corrected chi connectivity index (χ1v) is 6.37. The van der Waals surface area contributed by atoms with Crippen LogP contribution in [-0.4, -0.2) is 4.98 Å². The Morgan fingerprint density at radius 3 is 2.72 bits per heavy atom. The number of hydrogen-bond donors (Lipinski definition) is 1. The maximum Gasteiger partial charge on any atom is 0.266 e. The number of nitriles is 1. The van der Waals surface area contributed by atoms with E-state index in [1.807, 2.05) is 24.3 Å². The van der Waals surface area contributed by atoms with Crippen LogP contribution in [0.2, 0.25) is 5.02 Å². The third-order valence-corrected chi connectivity index (χ3v) is 4.03. The first-order chi connectivity index (χ1) is 8.61. The first kappa shape index (κ1) is 12.7. The van der Waals surface area contributed by atoms with Crippen molar-refractivity contribution >= 4 is 23.4 Å². The largest absolute Gasteiger partial charge is 0.324 e. The van der Waals surface area contributed by atoms with Crippen molar-refractivity contribution in [3.05, 3.63) is 57.0 Å². The number of aromatic nitrogens is 1. The lowest BCUT2D eigenvalue weighted by Crippen LogP contribution is -2.11. The van der Waals surface area contributed by atoms with Crippen LogP contribution in [-0.2, 0) is 0 Å². The van der Waals surface area contributed by atoms with Crippen molar-refractivity contribution in [1.82, 2.24) is 4.98 Å². The number of aryl methyl sites for hydroxylation is 1. The van der Waals surface area contributed by atoms with Gasteiger partial charge in [0.2, 0.25) is 0 Å².